The van der Waals surface area contributed by atoms with E-state index in [1.165, 1.54) is 13.0 Å². The van der Waals surface area contributed by atoms with Gasteiger partial charge in [-0.3, -0.25) is 0 Å². The topological polar surface area (TPSA) is 113 Å². The van der Waals surface area contributed by atoms with Crippen molar-refractivity contribution >= 4 is 11.9 Å². The summed E-state index contributed by atoms with van der Waals surface area (Å²) in [5.41, 5.74) is 1.79. The molecule has 1 aliphatic heterocycles. The van der Waals surface area contributed by atoms with Crippen LogP contribution in [0.2, 0.25) is 0 Å². The minimum atomic E-state index is -0.781. The number of ether oxygens (including phenoxy) is 2. The third-order valence-corrected chi connectivity index (χ3v) is 4.81. The molecule has 0 aromatic rings. The van der Waals surface area contributed by atoms with Gasteiger partial charge in [0.2, 0.25) is 0 Å². The van der Waals surface area contributed by atoms with Gasteiger partial charge in [0, 0.05) is 17.6 Å². The molecule has 3 atom stereocenters. The second-order valence-corrected chi connectivity index (χ2v) is 6.68. The molecule has 3 N–H and O–H groups in total. The molecular weight excluding hydrogens is 352 g/mol. The highest BCUT2D eigenvalue weighted by Gasteiger charge is 2.44. The molecule has 0 spiro atoms. The summed E-state index contributed by atoms with van der Waals surface area (Å²) in [4.78, 5) is 24.4. The van der Waals surface area contributed by atoms with E-state index in [0.717, 1.165) is 0 Å². The number of fused-ring (bicyclic) bond motifs is 1. The summed E-state index contributed by atoms with van der Waals surface area (Å²) in [6.45, 7) is 4.62. The quantitative estimate of drug-likeness (QED) is 0.371. The Kier molecular flexibility index (Phi) is 7.53. The van der Waals surface area contributed by atoms with Crippen molar-refractivity contribution in [2.24, 2.45) is 5.92 Å². The van der Waals surface area contributed by atoms with Crippen molar-refractivity contribution in [3.8, 4) is 0 Å². The Bertz CT molecular complexity index is 686. The molecule has 7 nitrogen and oxygen atoms in total. The smallest absolute Gasteiger partial charge is 0.334 e. The molecule has 1 saturated heterocycles. The van der Waals surface area contributed by atoms with Crippen molar-refractivity contribution in [3.05, 3.63) is 47.1 Å². The van der Waals surface area contributed by atoms with Crippen LogP contribution in [0.3, 0.4) is 0 Å². The minimum Gasteiger partial charge on any atom is -0.458 e. The molecule has 7 heteroatoms. The van der Waals surface area contributed by atoms with E-state index in [1.54, 1.807) is 6.08 Å². The number of carbonyl (C=O) groups is 2. The van der Waals surface area contributed by atoms with E-state index in [2.05, 4.69) is 6.58 Å². The van der Waals surface area contributed by atoms with Crippen molar-refractivity contribution < 1.29 is 34.4 Å². The molecule has 1 aliphatic carbocycles. The van der Waals surface area contributed by atoms with Crippen molar-refractivity contribution in [1.29, 1.82) is 0 Å². The van der Waals surface area contributed by atoms with Gasteiger partial charge < -0.3 is 24.8 Å². The van der Waals surface area contributed by atoms with Crippen molar-refractivity contribution in [2.45, 2.75) is 38.4 Å². The fraction of sp³-hybridized carbons (Fsp3) is 0.500. The predicted octanol–water partition coefficient (Wildman–Crippen LogP) is 0.956. The van der Waals surface area contributed by atoms with Crippen LogP contribution in [-0.4, -0.2) is 59.3 Å². The number of hydrogen-bond donors (Lipinski definition) is 3. The predicted molar refractivity (Wildman–Crippen MR) is 97.4 cm³/mol. The molecule has 0 unspecified atom stereocenters. The summed E-state index contributed by atoms with van der Waals surface area (Å²) >= 11 is 0. The highest BCUT2D eigenvalue weighted by Crippen LogP contribution is 2.36. The van der Waals surface area contributed by atoms with E-state index >= 15 is 0 Å². The first-order chi connectivity index (χ1) is 12.9. The summed E-state index contributed by atoms with van der Waals surface area (Å²) < 4.78 is 11.0. The van der Waals surface area contributed by atoms with Gasteiger partial charge in [-0.2, -0.15) is 0 Å². The summed E-state index contributed by atoms with van der Waals surface area (Å²) in [7, 11) is 0. The molecule has 0 aromatic carbocycles. The zero-order chi connectivity index (χ0) is 20.0. The molecule has 2 aliphatic rings. The van der Waals surface area contributed by atoms with Crippen LogP contribution >= 0.6 is 0 Å². The lowest BCUT2D eigenvalue weighted by Crippen LogP contribution is -2.34. The van der Waals surface area contributed by atoms with E-state index in [1.807, 2.05) is 6.08 Å². The standard InChI is InChI=1S/C20H26O7/c1-12(6-7-21)19(24)26-16-8-14(10-22)4-3-5-15(11-23)9-17-18(16)13(2)20(25)27-17/h4,6,9,16-18,21-23H,2-3,5,7-8,10-11H2,1H3/b12-6-,14-4-,15-9-/t16-,17+,18+/m0/s1. The van der Waals surface area contributed by atoms with E-state index in [9.17, 15) is 19.8 Å². The van der Waals surface area contributed by atoms with Gasteiger partial charge in [0.15, 0.2) is 0 Å². The molecular formula is C20H26O7. The Hall–Kier alpha value is -2.22. The largest absolute Gasteiger partial charge is 0.458 e. The van der Waals surface area contributed by atoms with Gasteiger partial charge in [0.05, 0.1) is 25.7 Å². The van der Waals surface area contributed by atoms with Gasteiger partial charge in [0.25, 0.3) is 0 Å². The second kappa shape index (κ2) is 9.64. The Morgan fingerprint density at radius 3 is 2.67 bits per heavy atom. The Labute approximate surface area is 158 Å². The minimum absolute atomic E-state index is 0.182. The van der Waals surface area contributed by atoms with Crippen LogP contribution in [0.15, 0.2) is 47.1 Å². The van der Waals surface area contributed by atoms with E-state index in [0.29, 0.717) is 24.0 Å². The van der Waals surface area contributed by atoms with Crippen LogP contribution in [0.4, 0.5) is 0 Å². The maximum atomic E-state index is 12.4. The lowest BCUT2D eigenvalue weighted by molar-refractivity contribution is -0.147. The third-order valence-electron chi connectivity index (χ3n) is 4.81. The molecule has 1 heterocycles. The maximum absolute atomic E-state index is 12.4. The number of hydrogen-bond acceptors (Lipinski definition) is 7. The molecule has 0 radical (unpaired) electrons. The summed E-state index contributed by atoms with van der Waals surface area (Å²) in [6, 6.07) is 0. The molecule has 2 rings (SSSR count). The van der Waals surface area contributed by atoms with Gasteiger partial charge in [-0.15, -0.1) is 0 Å². The molecule has 0 aromatic heterocycles. The van der Waals surface area contributed by atoms with Gasteiger partial charge in [-0.1, -0.05) is 12.7 Å². The fourth-order valence-electron chi connectivity index (χ4n) is 3.25. The summed E-state index contributed by atoms with van der Waals surface area (Å²) in [5.74, 6) is -1.82. The average Bonchev–Trinajstić information content (AvgIpc) is 2.92. The van der Waals surface area contributed by atoms with Crippen molar-refractivity contribution in [3.63, 3.8) is 0 Å². The van der Waals surface area contributed by atoms with Crippen LogP contribution in [0.1, 0.15) is 26.2 Å². The SMILES string of the molecule is C=C1C(=O)O[C@@H]2/C=C(\CO)CC/C=C(\CO)C[C@H](OC(=O)/C(C)=C\CO)[C@@H]12. The first kappa shape index (κ1) is 21.1. The lowest BCUT2D eigenvalue weighted by atomic mass is 9.85. The highest BCUT2D eigenvalue weighted by atomic mass is 16.6. The Morgan fingerprint density at radius 1 is 1.33 bits per heavy atom. The van der Waals surface area contributed by atoms with Crippen LogP contribution in [-0.2, 0) is 19.1 Å². The second-order valence-electron chi connectivity index (χ2n) is 6.68. The van der Waals surface area contributed by atoms with Crippen LogP contribution in [0.25, 0.3) is 0 Å². The normalized spacial score (nSPS) is 30.5. The van der Waals surface area contributed by atoms with Crippen LogP contribution in [0.5, 0.6) is 0 Å². The van der Waals surface area contributed by atoms with Gasteiger partial charge >= 0.3 is 11.9 Å². The molecule has 0 amide bonds. The Balaban J connectivity index is 2.41. The number of allylic oxidation sites excluding steroid dienone is 1. The van der Waals surface area contributed by atoms with Crippen molar-refractivity contribution in [1.82, 2.24) is 0 Å². The maximum Gasteiger partial charge on any atom is 0.334 e. The number of carbonyl (C=O) groups excluding carboxylic acids is 2. The van der Waals surface area contributed by atoms with Gasteiger partial charge in [0.1, 0.15) is 12.2 Å². The van der Waals surface area contributed by atoms with Gasteiger partial charge in [-0.05, 0) is 43.1 Å². The van der Waals surface area contributed by atoms with E-state index in [4.69, 9.17) is 14.6 Å². The average molecular weight is 378 g/mol. The number of aliphatic hydroxyl groups excluding tert-OH is 3. The van der Waals surface area contributed by atoms with E-state index < -0.39 is 30.1 Å². The van der Waals surface area contributed by atoms with Crippen LogP contribution < -0.4 is 0 Å². The number of esters is 2. The lowest BCUT2D eigenvalue weighted by Gasteiger charge is -2.28. The highest BCUT2D eigenvalue weighted by molar-refractivity contribution is 5.92. The molecule has 27 heavy (non-hydrogen) atoms. The number of aliphatic hydroxyl groups is 3. The molecule has 0 bridgehead atoms. The summed E-state index contributed by atoms with van der Waals surface area (Å²) in [5, 5.41) is 28.2. The zero-order valence-corrected chi connectivity index (χ0v) is 15.4. The Morgan fingerprint density at radius 2 is 2.04 bits per heavy atom. The van der Waals surface area contributed by atoms with E-state index in [-0.39, 0.29) is 37.4 Å². The van der Waals surface area contributed by atoms with Gasteiger partial charge in [-0.25, -0.2) is 9.59 Å². The van der Waals surface area contributed by atoms with Crippen molar-refractivity contribution in [2.75, 3.05) is 19.8 Å². The molecule has 148 valence electrons. The third kappa shape index (κ3) is 5.15. The summed E-state index contributed by atoms with van der Waals surface area (Å²) in [6.07, 6.45) is 4.78. The van der Waals surface area contributed by atoms with Crippen LogP contribution in [0, 0.1) is 5.92 Å². The zero-order valence-electron chi connectivity index (χ0n) is 15.4. The molecule has 1 fully saturated rings. The monoisotopic (exact) mass is 378 g/mol. The molecule has 0 saturated carbocycles. The first-order valence-electron chi connectivity index (χ1n) is 8.88. The first-order valence-corrected chi connectivity index (χ1v) is 8.88. The fourth-order valence-corrected chi connectivity index (χ4v) is 3.25. The number of rotatable bonds is 5.